The van der Waals surface area contributed by atoms with Gasteiger partial charge in [-0.15, -0.1) is 0 Å². The number of hydrogen-bond donors (Lipinski definition) is 1. The molecule has 1 atom stereocenters. The molecule has 1 aliphatic heterocycles. The van der Waals surface area contributed by atoms with Crippen molar-refractivity contribution in [1.82, 2.24) is 0 Å². The molecule has 1 heterocycles. The van der Waals surface area contributed by atoms with Crippen LogP contribution in [0.4, 0.5) is 5.69 Å². The second kappa shape index (κ2) is 7.87. The molecule has 1 unspecified atom stereocenters. The molecule has 5 nitrogen and oxygen atoms in total. The van der Waals surface area contributed by atoms with Crippen LogP contribution in [-0.2, 0) is 4.79 Å². The molecule has 138 valence electrons. The molecule has 2 aromatic rings. The van der Waals surface area contributed by atoms with E-state index in [1.165, 1.54) is 0 Å². The average Bonchev–Trinajstić information content (AvgIpc) is 2.62. The van der Waals surface area contributed by atoms with Gasteiger partial charge >= 0.3 is 0 Å². The van der Waals surface area contributed by atoms with Gasteiger partial charge in [-0.2, -0.15) is 0 Å². The van der Waals surface area contributed by atoms with Crippen molar-refractivity contribution in [1.29, 1.82) is 0 Å². The average molecular weight is 376 g/mol. The van der Waals surface area contributed by atoms with Gasteiger partial charge in [-0.05, 0) is 30.5 Å². The fraction of sp³-hybridized carbons (Fsp3) is 0.350. The maximum atomic E-state index is 12.5. The summed E-state index contributed by atoms with van der Waals surface area (Å²) in [5, 5.41) is 3.17. The van der Waals surface area contributed by atoms with Gasteiger partial charge in [-0.1, -0.05) is 37.6 Å². The number of carbonyl (C=O) groups is 1. The van der Waals surface area contributed by atoms with Crippen molar-refractivity contribution >= 4 is 23.2 Å². The maximum Gasteiger partial charge on any atom is 0.265 e. The van der Waals surface area contributed by atoms with E-state index in [0.29, 0.717) is 47.1 Å². The highest BCUT2D eigenvalue weighted by Crippen LogP contribution is 2.38. The first-order chi connectivity index (χ1) is 12.4. The highest BCUT2D eigenvalue weighted by atomic mass is 35.5. The van der Waals surface area contributed by atoms with E-state index in [9.17, 15) is 4.79 Å². The molecule has 1 amide bonds. The molecule has 2 aromatic carbocycles. The Bertz CT molecular complexity index is 806. The van der Waals surface area contributed by atoms with Crippen LogP contribution in [0.3, 0.4) is 0 Å². The van der Waals surface area contributed by atoms with Gasteiger partial charge < -0.3 is 19.5 Å². The molecule has 0 fully saturated rings. The number of halogens is 1. The van der Waals surface area contributed by atoms with Crippen molar-refractivity contribution in [2.24, 2.45) is 0 Å². The zero-order valence-corrected chi connectivity index (χ0v) is 15.8. The van der Waals surface area contributed by atoms with Gasteiger partial charge in [-0.3, -0.25) is 4.79 Å². The molecule has 0 aromatic heterocycles. The molecular formula is C20H22ClNO4. The second-order valence-corrected chi connectivity index (χ2v) is 6.86. The van der Waals surface area contributed by atoms with Crippen LogP contribution in [0, 0.1) is 0 Å². The predicted octanol–water partition coefficient (Wildman–Crippen LogP) is 4.64. The number of anilines is 1. The topological polar surface area (TPSA) is 56.8 Å². The lowest BCUT2D eigenvalue weighted by Gasteiger charge is -2.21. The van der Waals surface area contributed by atoms with E-state index >= 15 is 0 Å². The van der Waals surface area contributed by atoms with Crippen LogP contribution in [0.15, 0.2) is 36.4 Å². The van der Waals surface area contributed by atoms with Crippen molar-refractivity contribution in [2.45, 2.75) is 32.8 Å². The Morgan fingerprint density at radius 2 is 1.81 bits per heavy atom. The van der Waals surface area contributed by atoms with Crippen LogP contribution < -0.4 is 19.5 Å². The number of nitrogens with one attached hydrogen (secondary N) is 1. The Kier molecular flexibility index (Phi) is 5.57. The minimum atomic E-state index is -0.679. The number of carbonyl (C=O) groups excluding carboxylic acids is 1. The van der Waals surface area contributed by atoms with E-state index in [-0.39, 0.29) is 5.91 Å². The lowest BCUT2D eigenvalue weighted by molar-refractivity contribution is -0.122. The molecule has 0 aliphatic carbocycles. The molecule has 0 saturated carbocycles. The summed E-state index contributed by atoms with van der Waals surface area (Å²) >= 11 is 6.23. The minimum Gasteiger partial charge on any atom is -0.486 e. The van der Waals surface area contributed by atoms with Gasteiger partial charge in [0.1, 0.15) is 19.0 Å². The lowest BCUT2D eigenvalue weighted by Crippen LogP contribution is -2.30. The van der Waals surface area contributed by atoms with Crippen molar-refractivity contribution in [3.63, 3.8) is 0 Å². The van der Waals surface area contributed by atoms with E-state index < -0.39 is 6.10 Å². The number of hydrogen-bond acceptors (Lipinski definition) is 4. The largest absolute Gasteiger partial charge is 0.486 e. The molecule has 0 spiro atoms. The highest BCUT2D eigenvalue weighted by Gasteiger charge is 2.20. The summed E-state index contributed by atoms with van der Waals surface area (Å²) < 4.78 is 16.8. The molecule has 0 bridgehead atoms. The van der Waals surface area contributed by atoms with Gasteiger partial charge in [0, 0.05) is 12.1 Å². The monoisotopic (exact) mass is 375 g/mol. The predicted molar refractivity (Wildman–Crippen MR) is 102 cm³/mol. The van der Waals surface area contributed by atoms with E-state index in [2.05, 4.69) is 19.2 Å². The van der Waals surface area contributed by atoms with E-state index in [0.717, 1.165) is 5.56 Å². The number of amides is 1. The third-order valence-electron chi connectivity index (χ3n) is 4.10. The lowest BCUT2D eigenvalue weighted by atomic mass is 10.0. The smallest absolute Gasteiger partial charge is 0.265 e. The summed E-state index contributed by atoms with van der Waals surface area (Å²) in [5.74, 6) is 1.90. The van der Waals surface area contributed by atoms with E-state index in [1.54, 1.807) is 19.1 Å². The quantitative estimate of drug-likeness (QED) is 0.827. The van der Waals surface area contributed by atoms with Crippen LogP contribution in [0.1, 0.15) is 32.3 Å². The zero-order chi connectivity index (χ0) is 18.7. The summed E-state index contributed by atoms with van der Waals surface area (Å²) in [5.41, 5.74) is 1.62. The second-order valence-electron chi connectivity index (χ2n) is 6.45. The summed E-state index contributed by atoms with van der Waals surface area (Å²) in [7, 11) is 0. The highest BCUT2D eigenvalue weighted by molar-refractivity contribution is 6.34. The molecular weight excluding hydrogens is 354 g/mol. The Labute approximate surface area is 158 Å². The van der Waals surface area contributed by atoms with Crippen LogP contribution in [0.25, 0.3) is 0 Å². The number of rotatable bonds is 5. The minimum absolute atomic E-state index is 0.293. The standard InChI is InChI=1S/C20H22ClNO4/c1-12(2)14-5-4-6-15(9-14)26-13(3)20(23)22-17-11-19-18(10-16(17)21)24-7-8-25-19/h4-6,9-13H,7-8H2,1-3H3,(H,22,23). The number of benzene rings is 2. The summed E-state index contributed by atoms with van der Waals surface area (Å²) in [6, 6.07) is 11.1. The molecule has 26 heavy (non-hydrogen) atoms. The Morgan fingerprint density at radius 3 is 2.50 bits per heavy atom. The number of fused-ring (bicyclic) bond motifs is 1. The number of ether oxygens (including phenoxy) is 3. The Morgan fingerprint density at radius 1 is 1.12 bits per heavy atom. The zero-order valence-electron chi connectivity index (χ0n) is 15.0. The third kappa shape index (κ3) is 4.22. The summed E-state index contributed by atoms with van der Waals surface area (Å²) in [6.45, 7) is 6.87. The molecule has 1 aliphatic rings. The first kappa shape index (κ1) is 18.4. The van der Waals surface area contributed by atoms with Crippen LogP contribution in [-0.4, -0.2) is 25.2 Å². The van der Waals surface area contributed by atoms with Gasteiger partial charge in [0.2, 0.25) is 0 Å². The maximum absolute atomic E-state index is 12.5. The van der Waals surface area contributed by atoms with Crippen molar-refractivity contribution < 1.29 is 19.0 Å². The van der Waals surface area contributed by atoms with Gasteiger partial charge in [0.25, 0.3) is 5.91 Å². The normalized spacial score (nSPS) is 14.0. The molecule has 3 rings (SSSR count). The molecule has 1 N–H and O–H groups in total. The first-order valence-electron chi connectivity index (χ1n) is 8.60. The summed E-state index contributed by atoms with van der Waals surface area (Å²) in [4.78, 5) is 12.5. The Balaban J connectivity index is 1.69. The summed E-state index contributed by atoms with van der Waals surface area (Å²) in [6.07, 6.45) is -0.679. The Hall–Kier alpha value is -2.40. The third-order valence-corrected chi connectivity index (χ3v) is 4.41. The molecule has 0 radical (unpaired) electrons. The molecule has 0 saturated heterocycles. The van der Waals surface area contributed by atoms with Crippen LogP contribution >= 0.6 is 11.6 Å². The van der Waals surface area contributed by atoms with Gasteiger partial charge in [0.15, 0.2) is 17.6 Å². The molecule has 6 heteroatoms. The fourth-order valence-corrected chi connectivity index (χ4v) is 2.80. The van der Waals surface area contributed by atoms with Crippen molar-refractivity contribution in [2.75, 3.05) is 18.5 Å². The SMILES string of the molecule is CC(Oc1cccc(C(C)C)c1)C(=O)Nc1cc2c(cc1Cl)OCCO2. The van der Waals surface area contributed by atoms with Crippen LogP contribution in [0.2, 0.25) is 5.02 Å². The van der Waals surface area contributed by atoms with Crippen LogP contribution in [0.5, 0.6) is 17.2 Å². The van der Waals surface area contributed by atoms with Gasteiger partial charge in [0.05, 0.1) is 10.7 Å². The van der Waals surface area contributed by atoms with Crippen molar-refractivity contribution in [3.05, 3.63) is 47.0 Å². The van der Waals surface area contributed by atoms with Crippen molar-refractivity contribution in [3.8, 4) is 17.2 Å². The fourth-order valence-electron chi connectivity index (χ4n) is 2.60. The first-order valence-corrected chi connectivity index (χ1v) is 8.98. The van der Waals surface area contributed by atoms with E-state index in [1.807, 2.05) is 24.3 Å². The van der Waals surface area contributed by atoms with Gasteiger partial charge in [-0.25, -0.2) is 0 Å². The van der Waals surface area contributed by atoms with E-state index in [4.69, 9.17) is 25.8 Å².